The fraction of sp³-hybridized carbons (Fsp3) is 0.467. The number of para-hydroxylation sites is 1. The van der Waals surface area contributed by atoms with E-state index in [-0.39, 0.29) is 12.0 Å². The maximum absolute atomic E-state index is 11.9. The van der Waals surface area contributed by atoms with Crippen molar-refractivity contribution in [1.82, 2.24) is 4.98 Å². The van der Waals surface area contributed by atoms with Crippen LogP contribution < -0.4 is 4.90 Å². The van der Waals surface area contributed by atoms with Crippen LogP contribution in [0.5, 0.6) is 0 Å². The highest BCUT2D eigenvalue weighted by atomic mass is 32.1. The third-order valence-electron chi connectivity index (χ3n) is 3.63. The van der Waals surface area contributed by atoms with Crippen LogP contribution in [-0.2, 0) is 9.53 Å². The predicted molar refractivity (Wildman–Crippen MR) is 81.4 cm³/mol. The number of rotatable bonds is 3. The van der Waals surface area contributed by atoms with E-state index in [9.17, 15) is 4.79 Å². The molecule has 1 aliphatic rings. The molecular weight excluding hydrogens is 272 g/mol. The van der Waals surface area contributed by atoms with Crippen LogP contribution in [0.25, 0.3) is 10.2 Å². The van der Waals surface area contributed by atoms with Crippen molar-refractivity contribution < 1.29 is 9.53 Å². The van der Waals surface area contributed by atoms with Gasteiger partial charge in [0.25, 0.3) is 0 Å². The van der Waals surface area contributed by atoms with E-state index in [4.69, 9.17) is 4.74 Å². The molecule has 4 nitrogen and oxygen atoms in total. The van der Waals surface area contributed by atoms with Crippen LogP contribution in [-0.4, -0.2) is 30.1 Å². The van der Waals surface area contributed by atoms with Gasteiger partial charge >= 0.3 is 0 Å². The van der Waals surface area contributed by atoms with Crippen LogP contribution >= 0.6 is 11.3 Å². The Balaban J connectivity index is 1.92. The summed E-state index contributed by atoms with van der Waals surface area (Å²) < 4.78 is 6.76. The highest BCUT2D eigenvalue weighted by Crippen LogP contribution is 2.31. The van der Waals surface area contributed by atoms with E-state index in [1.54, 1.807) is 23.2 Å². The monoisotopic (exact) mass is 290 g/mol. The van der Waals surface area contributed by atoms with Gasteiger partial charge in [-0.2, -0.15) is 0 Å². The van der Waals surface area contributed by atoms with Gasteiger partial charge in [-0.3, -0.25) is 9.69 Å². The molecule has 1 fully saturated rings. The van der Waals surface area contributed by atoms with Gasteiger partial charge in [0.2, 0.25) is 5.91 Å². The van der Waals surface area contributed by atoms with Crippen LogP contribution in [0.2, 0.25) is 0 Å². The van der Waals surface area contributed by atoms with Gasteiger partial charge in [0, 0.05) is 13.5 Å². The molecule has 0 aliphatic carbocycles. The molecule has 2 aromatic rings. The Kier molecular flexibility index (Phi) is 3.72. The molecule has 0 bridgehead atoms. The normalized spacial score (nSPS) is 18.6. The minimum absolute atomic E-state index is 0.0252. The predicted octanol–water partition coefficient (Wildman–Crippen LogP) is 3.14. The summed E-state index contributed by atoms with van der Waals surface area (Å²) in [6.07, 6.45) is 2.25. The molecule has 0 radical (unpaired) electrons. The quantitative estimate of drug-likeness (QED) is 0.872. The topological polar surface area (TPSA) is 42.4 Å². The zero-order valence-corrected chi connectivity index (χ0v) is 12.6. The molecule has 2 heterocycles. The SMILES string of the molecule is CC(=O)N(CC1CCCO1)c1nc2c(C)cccc2s1. The van der Waals surface area contributed by atoms with E-state index in [0.29, 0.717) is 6.54 Å². The number of aryl methyl sites for hydroxylation is 1. The van der Waals surface area contributed by atoms with Crippen molar-refractivity contribution in [3.63, 3.8) is 0 Å². The lowest BCUT2D eigenvalue weighted by Crippen LogP contribution is -2.35. The third kappa shape index (κ3) is 2.55. The molecule has 1 saturated heterocycles. The van der Waals surface area contributed by atoms with Crippen molar-refractivity contribution in [3.8, 4) is 0 Å². The molecule has 1 amide bonds. The Morgan fingerprint density at radius 2 is 2.40 bits per heavy atom. The first-order valence-corrected chi connectivity index (χ1v) is 7.72. The number of aromatic nitrogens is 1. The second-order valence-electron chi connectivity index (χ2n) is 5.18. The lowest BCUT2D eigenvalue weighted by Gasteiger charge is -2.21. The summed E-state index contributed by atoms with van der Waals surface area (Å²) >= 11 is 1.57. The van der Waals surface area contributed by atoms with Gasteiger partial charge in [0.15, 0.2) is 5.13 Å². The van der Waals surface area contributed by atoms with Gasteiger partial charge in [-0.05, 0) is 31.4 Å². The van der Waals surface area contributed by atoms with Gasteiger partial charge in [-0.15, -0.1) is 0 Å². The molecule has 1 aromatic carbocycles. The van der Waals surface area contributed by atoms with Gasteiger partial charge in [0.05, 0.1) is 22.9 Å². The van der Waals surface area contributed by atoms with Crippen molar-refractivity contribution in [2.75, 3.05) is 18.1 Å². The first-order valence-electron chi connectivity index (χ1n) is 6.91. The molecule has 106 valence electrons. The average Bonchev–Trinajstić information content (AvgIpc) is 3.05. The van der Waals surface area contributed by atoms with Crippen LogP contribution in [0, 0.1) is 6.92 Å². The molecule has 1 atom stereocenters. The molecule has 1 unspecified atom stereocenters. The number of ether oxygens (including phenoxy) is 1. The van der Waals surface area contributed by atoms with Crippen LogP contribution in [0.15, 0.2) is 18.2 Å². The minimum atomic E-state index is 0.0252. The van der Waals surface area contributed by atoms with Gasteiger partial charge in [0.1, 0.15) is 0 Å². The summed E-state index contributed by atoms with van der Waals surface area (Å²) in [6.45, 7) is 5.04. The molecule has 1 aliphatic heterocycles. The lowest BCUT2D eigenvalue weighted by atomic mass is 10.2. The Hall–Kier alpha value is -1.46. The number of anilines is 1. The molecule has 5 heteroatoms. The summed E-state index contributed by atoms with van der Waals surface area (Å²) in [6, 6.07) is 6.12. The van der Waals surface area contributed by atoms with Gasteiger partial charge in [-0.1, -0.05) is 23.5 Å². The third-order valence-corrected chi connectivity index (χ3v) is 4.67. The molecule has 20 heavy (non-hydrogen) atoms. The molecule has 3 rings (SSSR count). The number of carbonyl (C=O) groups is 1. The molecule has 0 spiro atoms. The molecule has 0 N–H and O–H groups in total. The number of nitrogens with zero attached hydrogens (tertiary/aromatic N) is 2. The second kappa shape index (κ2) is 5.50. The Morgan fingerprint density at radius 1 is 1.55 bits per heavy atom. The Morgan fingerprint density at radius 3 is 3.05 bits per heavy atom. The first-order chi connectivity index (χ1) is 9.65. The lowest BCUT2D eigenvalue weighted by molar-refractivity contribution is -0.116. The van der Waals surface area contributed by atoms with Crippen LogP contribution in [0.1, 0.15) is 25.3 Å². The van der Waals surface area contributed by atoms with E-state index in [0.717, 1.165) is 40.4 Å². The summed E-state index contributed by atoms with van der Waals surface area (Å²) in [7, 11) is 0. The maximum Gasteiger partial charge on any atom is 0.225 e. The number of carbonyl (C=O) groups excluding carboxylic acids is 1. The summed E-state index contributed by atoms with van der Waals surface area (Å²) in [5.41, 5.74) is 2.14. The van der Waals surface area contributed by atoms with Gasteiger partial charge < -0.3 is 4.74 Å². The number of amides is 1. The largest absolute Gasteiger partial charge is 0.376 e. The van der Waals surface area contributed by atoms with Gasteiger partial charge in [-0.25, -0.2) is 4.98 Å². The van der Waals surface area contributed by atoms with E-state index >= 15 is 0 Å². The number of hydrogen-bond donors (Lipinski definition) is 0. The van der Waals surface area contributed by atoms with Crippen molar-refractivity contribution in [3.05, 3.63) is 23.8 Å². The molecule has 1 aromatic heterocycles. The van der Waals surface area contributed by atoms with Crippen LogP contribution in [0.3, 0.4) is 0 Å². The minimum Gasteiger partial charge on any atom is -0.376 e. The summed E-state index contributed by atoms with van der Waals surface area (Å²) in [5.74, 6) is 0.0252. The van der Waals surface area contributed by atoms with Crippen LogP contribution in [0.4, 0.5) is 5.13 Å². The van der Waals surface area contributed by atoms with Crippen molar-refractivity contribution in [1.29, 1.82) is 0 Å². The fourth-order valence-electron chi connectivity index (χ4n) is 2.52. The Bertz CT molecular complexity index is 632. The molecular formula is C15H18N2O2S. The maximum atomic E-state index is 11.9. The summed E-state index contributed by atoms with van der Waals surface area (Å²) in [5, 5.41) is 0.775. The highest BCUT2D eigenvalue weighted by molar-refractivity contribution is 7.22. The van der Waals surface area contributed by atoms with E-state index in [1.807, 2.05) is 25.1 Å². The average molecular weight is 290 g/mol. The van der Waals surface area contributed by atoms with E-state index < -0.39 is 0 Å². The number of thiazole rings is 1. The van der Waals surface area contributed by atoms with Crippen molar-refractivity contribution >= 4 is 32.6 Å². The number of benzene rings is 1. The second-order valence-corrected chi connectivity index (χ2v) is 6.19. The van der Waals surface area contributed by atoms with E-state index in [1.165, 1.54) is 0 Å². The van der Waals surface area contributed by atoms with E-state index in [2.05, 4.69) is 4.98 Å². The van der Waals surface area contributed by atoms with Crippen molar-refractivity contribution in [2.45, 2.75) is 32.8 Å². The Labute approximate surface area is 122 Å². The highest BCUT2D eigenvalue weighted by Gasteiger charge is 2.24. The summed E-state index contributed by atoms with van der Waals surface area (Å²) in [4.78, 5) is 18.3. The van der Waals surface area contributed by atoms with Crippen molar-refractivity contribution in [2.24, 2.45) is 0 Å². The first kappa shape index (κ1) is 13.5. The smallest absolute Gasteiger partial charge is 0.225 e. The fourth-order valence-corrected chi connectivity index (χ4v) is 3.62. The molecule has 0 saturated carbocycles. The zero-order chi connectivity index (χ0) is 14.1. The number of hydrogen-bond acceptors (Lipinski definition) is 4. The standard InChI is InChI=1S/C15H18N2O2S/c1-10-5-3-7-13-14(10)16-15(20-13)17(11(2)18)9-12-6-4-8-19-12/h3,5,7,12H,4,6,8-9H2,1-2H3. The zero-order valence-electron chi connectivity index (χ0n) is 11.8. The number of fused-ring (bicyclic) bond motifs is 1.